The quantitative estimate of drug-likeness (QED) is 0.430. The van der Waals surface area contributed by atoms with E-state index < -0.39 is 5.60 Å². The Morgan fingerprint density at radius 2 is 1.54 bits per heavy atom. The number of esters is 1. The van der Waals surface area contributed by atoms with Gasteiger partial charge in [0.25, 0.3) is 0 Å². The largest absolute Gasteiger partial charge is 0.462 e. The molecule has 5 aliphatic rings. The van der Waals surface area contributed by atoms with Crippen molar-refractivity contribution in [2.75, 3.05) is 0 Å². The highest BCUT2D eigenvalue weighted by molar-refractivity contribution is 5.66. The maximum Gasteiger partial charge on any atom is 0.302 e. The molecule has 212 valence electrons. The van der Waals surface area contributed by atoms with Crippen LogP contribution < -0.4 is 0 Å². The first-order chi connectivity index (χ1) is 16.9. The molecule has 4 saturated carbocycles. The van der Waals surface area contributed by atoms with E-state index in [0.717, 1.165) is 51.4 Å². The van der Waals surface area contributed by atoms with Crippen LogP contribution in [-0.4, -0.2) is 45.7 Å². The summed E-state index contributed by atoms with van der Waals surface area (Å²) in [5.74, 6) is 1.30. The van der Waals surface area contributed by atoms with Crippen LogP contribution in [0.5, 0.6) is 0 Å². The van der Waals surface area contributed by atoms with Crippen molar-refractivity contribution in [3.8, 4) is 0 Å². The Kier molecular flexibility index (Phi) is 6.35. The van der Waals surface area contributed by atoms with E-state index in [-0.39, 0.29) is 57.5 Å². The minimum Gasteiger partial charge on any atom is -0.462 e. The topological polar surface area (TPSA) is 76.0 Å². The van der Waals surface area contributed by atoms with E-state index in [1.807, 2.05) is 13.8 Å². The van der Waals surface area contributed by atoms with Gasteiger partial charge >= 0.3 is 5.97 Å². The molecule has 37 heavy (non-hydrogen) atoms. The van der Waals surface area contributed by atoms with Crippen molar-refractivity contribution in [3.05, 3.63) is 0 Å². The summed E-state index contributed by atoms with van der Waals surface area (Å²) in [5, 5.41) is 22.7. The molecule has 4 aliphatic carbocycles. The van der Waals surface area contributed by atoms with Gasteiger partial charge < -0.3 is 19.7 Å². The summed E-state index contributed by atoms with van der Waals surface area (Å²) < 4.78 is 12.5. The Morgan fingerprint density at radius 1 is 0.892 bits per heavy atom. The first-order valence-electron chi connectivity index (χ1n) is 15.2. The minimum atomic E-state index is -0.841. The van der Waals surface area contributed by atoms with Crippen LogP contribution in [0, 0.1) is 45.3 Å². The van der Waals surface area contributed by atoms with Crippen LogP contribution in [0.15, 0.2) is 0 Å². The number of rotatable bonds is 3. The van der Waals surface area contributed by atoms with E-state index in [4.69, 9.17) is 9.47 Å². The third-order valence-electron chi connectivity index (χ3n) is 13.5. The van der Waals surface area contributed by atoms with Crippen molar-refractivity contribution < 1.29 is 24.5 Å². The lowest BCUT2D eigenvalue weighted by molar-refractivity contribution is -0.251. The molecule has 2 N–H and O–H groups in total. The van der Waals surface area contributed by atoms with Gasteiger partial charge in [-0.05, 0) is 118 Å². The number of ether oxygens (including phenoxy) is 2. The van der Waals surface area contributed by atoms with E-state index in [2.05, 4.69) is 41.5 Å². The van der Waals surface area contributed by atoms with E-state index in [9.17, 15) is 15.0 Å². The third-order valence-corrected chi connectivity index (χ3v) is 13.5. The number of aliphatic hydroxyl groups is 2. The number of aliphatic hydroxyl groups excluding tert-OH is 1. The molecule has 0 amide bonds. The fourth-order valence-electron chi connectivity index (χ4n) is 11.5. The van der Waals surface area contributed by atoms with Gasteiger partial charge in [-0.15, -0.1) is 0 Å². The minimum absolute atomic E-state index is 0.0247. The number of carbonyl (C=O) groups is 1. The standard InChI is InChI=1S/C32H54O5/c1-19(33)36-24-12-14-29(6)22(27(24,2)3)11-16-30(7)23(29)18-21(34)26-20(10-15-31(26,30)8)32(9)17-13-25(37-32)28(4,5)35/h20-26,34-35H,10-18H2,1-9H3/t20-,21+,22-,23-,24-,25+,26-,29-,30+,31+,32-/m0/s1. The summed E-state index contributed by atoms with van der Waals surface area (Å²) in [6.07, 6.45) is 8.73. The van der Waals surface area contributed by atoms with Crippen LogP contribution in [0.25, 0.3) is 0 Å². The summed E-state index contributed by atoms with van der Waals surface area (Å²) in [5.41, 5.74) is -0.858. The summed E-state index contributed by atoms with van der Waals surface area (Å²) >= 11 is 0. The maximum absolute atomic E-state index is 12.0. The molecule has 1 heterocycles. The molecule has 5 heteroatoms. The van der Waals surface area contributed by atoms with E-state index >= 15 is 0 Å². The van der Waals surface area contributed by atoms with Gasteiger partial charge in [0.1, 0.15) is 6.10 Å². The Labute approximate surface area is 225 Å². The third kappa shape index (κ3) is 3.83. The zero-order chi connectivity index (χ0) is 27.4. The molecule has 0 radical (unpaired) electrons. The van der Waals surface area contributed by atoms with Gasteiger partial charge in [-0.2, -0.15) is 0 Å². The number of hydrogen-bond donors (Lipinski definition) is 2. The van der Waals surface area contributed by atoms with Gasteiger partial charge in [-0.25, -0.2) is 0 Å². The van der Waals surface area contributed by atoms with Crippen molar-refractivity contribution >= 4 is 5.97 Å². The van der Waals surface area contributed by atoms with E-state index in [1.165, 1.54) is 13.3 Å². The van der Waals surface area contributed by atoms with Crippen LogP contribution in [0.1, 0.15) is 120 Å². The lowest BCUT2D eigenvalue weighted by atomic mass is 9.35. The Bertz CT molecular complexity index is 923. The normalized spacial score (nSPS) is 53.2. The van der Waals surface area contributed by atoms with Crippen LogP contribution >= 0.6 is 0 Å². The van der Waals surface area contributed by atoms with E-state index in [0.29, 0.717) is 17.8 Å². The SMILES string of the molecule is CC(=O)O[C@H]1CC[C@@]2(C)[C@@H](CC[C@]3(C)[C@H]2C[C@@H](O)[C@@H]2[C@@H]([C@]4(C)CC[C@H](C(C)(C)O)O4)CC[C@]23C)C1(C)C. The summed E-state index contributed by atoms with van der Waals surface area (Å²) in [7, 11) is 0. The lowest BCUT2D eigenvalue weighted by Gasteiger charge is -2.70. The zero-order valence-electron chi connectivity index (χ0n) is 25.0. The molecule has 1 saturated heterocycles. The summed E-state index contributed by atoms with van der Waals surface area (Å²) in [6, 6.07) is 0. The van der Waals surface area contributed by atoms with E-state index in [1.54, 1.807) is 0 Å². The first kappa shape index (κ1) is 27.9. The predicted molar refractivity (Wildman–Crippen MR) is 145 cm³/mol. The molecule has 1 aliphatic heterocycles. The summed E-state index contributed by atoms with van der Waals surface area (Å²) in [6.45, 7) is 19.7. The summed E-state index contributed by atoms with van der Waals surface area (Å²) in [4.78, 5) is 11.9. The Hall–Kier alpha value is -0.650. The lowest BCUT2D eigenvalue weighted by Crippen LogP contribution is -2.66. The maximum atomic E-state index is 12.0. The molecule has 5 nitrogen and oxygen atoms in total. The monoisotopic (exact) mass is 518 g/mol. The average molecular weight is 519 g/mol. The smallest absolute Gasteiger partial charge is 0.302 e. The second-order valence-corrected chi connectivity index (χ2v) is 16.0. The number of hydrogen-bond acceptors (Lipinski definition) is 5. The molecule has 0 bridgehead atoms. The van der Waals surface area contributed by atoms with Crippen molar-refractivity contribution in [2.24, 2.45) is 45.3 Å². The first-order valence-corrected chi connectivity index (χ1v) is 15.2. The van der Waals surface area contributed by atoms with Crippen molar-refractivity contribution in [2.45, 2.75) is 150 Å². The van der Waals surface area contributed by atoms with Crippen LogP contribution in [0.4, 0.5) is 0 Å². The molecule has 0 unspecified atom stereocenters. The number of fused-ring (bicyclic) bond motifs is 5. The van der Waals surface area contributed by atoms with Crippen LogP contribution in [-0.2, 0) is 14.3 Å². The van der Waals surface area contributed by atoms with Crippen molar-refractivity contribution in [1.82, 2.24) is 0 Å². The highest BCUT2D eigenvalue weighted by Gasteiger charge is 2.72. The van der Waals surface area contributed by atoms with Crippen molar-refractivity contribution in [3.63, 3.8) is 0 Å². The van der Waals surface area contributed by atoms with Gasteiger partial charge in [0.15, 0.2) is 0 Å². The zero-order valence-corrected chi connectivity index (χ0v) is 25.0. The second-order valence-electron chi connectivity index (χ2n) is 16.0. The molecule has 0 aromatic rings. The van der Waals surface area contributed by atoms with Gasteiger partial charge in [0, 0.05) is 12.3 Å². The molecule has 5 rings (SSSR count). The molecule has 0 aromatic carbocycles. The Balaban J connectivity index is 1.45. The fourth-order valence-corrected chi connectivity index (χ4v) is 11.5. The number of carbonyl (C=O) groups excluding carboxylic acids is 1. The highest BCUT2D eigenvalue weighted by Crippen LogP contribution is 2.76. The van der Waals surface area contributed by atoms with Crippen molar-refractivity contribution in [1.29, 1.82) is 0 Å². The molecular formula is C32H54O5. The highest BCUT2D eigenvalue weighted by atomic mass is 16.5. The van der Waals surface area contributed by atoms with Gasteiger partial charge in [-0.3, -0.25) is 4.79 Å². The van der Waals surface area contributed by atoms with Crippen LogP contribution in [0.2, 0.25) is 0 Å². The van der Waals surface area contributed by atoms with Gasteiger partial charge in [0.2, 0.25) is 0 Å². The molecule has 5 fully saturated rings. The second kappa shape index (κ2) is 8.43. The van der Waals surface area contributed by atoms with Crippen LogP contribution in [0.3, 0.4) is 0 Å². The molecule has 11 atom stereocenters. The van der Waals surface area contributed by atoms with Gasteiger partial charge in [0.05, 0.1) is 23.4 Å². The van der Waals surface area contributed by atoms with Gasteiger partial charge in [-0.1, -0.05) is 34.6 Å². The fraction of sp³-hybridized carbons (Fsp3) is 0.969. The average Bonchev–Trinajstić information content (AvgIpc) is 3.35. The predicted octanol–water partition coefficient (Wildman–Crippen LogP) is 6.28. The molecular weight excluding hydrogens is 464 g/mol. The Morgan fingerprint density at radius 3 is 2.14 bits per heavy atom. The molecule has 0 aromatic heterocycles. The molecule has 0 spiro atoms.